The predicted octanol–water partition coefficient (Wildman–Crippen LogP) is 0.366. The van der Waals surface area contributed by atoms with E-state index in [0.29, 0.717) is 25.9 Å². The van der Waals surface area contributed by atoms with E-state index in [9.17, 15) is 13.2 Å². The van der Waals surface area contributed by atoms with E-state index in [-0.39, 0.29) is 0 Å². The zero-order chi connectivity index (χ0) is 10.8. The molecule has 1 aliphatic rings. The number of alkyl halides is 3. The van der Waals surface area contributed by atoms with E-state index in [1.807, 2.05) is 0 Å². The van der Waals surface area contributed by atoms with Crippen LogP contribution in [0.15, 0.2) is 0 Å². The molecule has 1 fully saturated rings. The van der Waals surface area contributed by atoms with Gasteiger partial charge in [0.1, 0.15) is 0 Å². The van der Waals surface area contributed by atoms with Crippen LogP contribution in [0.3, 0.4) is 0 Å². The lowest BCUT2D eigenvalue weighted by molar-refractivity contribution is -0.209. The summed E-state index contributed by atoms with van der Waals surface area (Å²) in [5, 5.41) is 17.9. The summed E-state index contributed by atoms with van der Waals surface area (Å²) < 4.78 is 35.9. The summed E-state index contributed by atoms with van der Waals surface area (Å²) in [6, 6.07) is 0. The van der Waals surface area contributed by atoms with Crippen molar-refractivity contribution in [3.63, 3.8) is 0 Å². The molecule has 6 heteroatoms. The van der Waals surface area contributed by atoms with Gasteiger partial charge in [-0.05, 0) is 12.8 Å². The minimum absolute atomic E-state index is 0.393. The van der Waals surface area contributed by atoms with Crippen molar-refractivity contribution in [3.8, 4) is 0 Å². The summed E-state index contributed by atoms with van der Waals surface area (Å²) in [6.07, 6.45) is -6.28. The number of likely N-dealkylation sites (tertiary alicyclic amines) is 1. The Bertz CT molecular complexity index is 178. The SMILES string of the molecule is OC1CCN(C[C@@H](O)C(F)(F)F)CC1. The van der Waals surface area contributed by atoms with Crippen LogP contribution >= 0.6 is 0 Å². The van der Waals surface area contributed by atoms with Crippen LogP contribution in [0, 0.1) is 0 Å². The van der Waals surface area contributed by atoms with Crippen molar-refractivity contribution in [3.05, 3.63) is 0 Å². The van der Waals surface area contributed by atoms with Crippen molar-refractivity contribution >= 4 is 0 Å². The summed E-state index contributed by atoms with van der Waals surface area (Å²) in [5.74, 6) is 0. The van der Waals surface area contributed by atoms with Crippen LogP contribution in [0.25, 0.3) is 0 Å². The maximum atomic E-state index is 12.0. The van der Waals surface area contributed by atoms with Gasteiger partial charge in [-0.2, -0.15) is 13.2 Å². The Balaban J connectivity index is 2.31. The highest BCUT2D eigenvalue weighted by molar-refractivity contribution is 4.76. The lowest BCUT2D eigenvalue weighted by Crippen LogP contribution is -2.45. The summed E-state index contributed by atoms with van der Waals surface area (Å²) in [4.78, 5) is 1.52. The third kappa shape index (κ3) is 3.43. The lowest BCUT2D eigenvalue weighted by Gasteiger charge is -2.31. The molecule has 0 unspecified atom stereocenters. The number of rotatable bonds is 2. The molecule has 1 rings (SSSR count). The molecule has 3 nitrogen and oxygen atoms in total. The summed E-state index contributed by atoms with van der Waals surface area (Å²) in [5.41, 5.74) is 0. The van der Waals surface area contributed by atoms with Gasteiger partial charge in [-0.1, -0.05) is 0 Å². The highest BCUT2D eigenvalue weighted by atomic mass is 19.4. The number of nitrogens with zero attached hydrogens (tertiary/aromatic N) is 1. The Morgan fingerprint density at radius 1 is 1.29 bits per heavy atom. The Hall–Kier alpha value is -0.330. The molecule has 0 aliphatic carbocycles. The number of β-amino-alcohol motifs (C(OH)–C–C–N with tert-alkyl or cyclic N) is 1. The molecule has 1 heterocycles. The topological polar surface area (TPSA) is 43.7 Å². The number of hydrogen-bond donors (Lipinski definition) is 2. The minimum atomic E-state index is -4.55. The van der Waals surface area contributed by atoms with Crippen LogP contribution < -0.4 is 0 Å². The number of halogens is 3. The van der Waals surface area contributed by atoms with Gasteiger partial charge in [0.05, 0.1) is 6.10 Å². The zero-order valence-corrected chi connectivity index (χ0v) is 7.67. The van der Waals surface area contributed by atoms with Crippen LogP contribution in [0.5, 0.6) is 0 Å². The number of piperidine rings is 1. The van der Waals surface area contributed by atoms with E-state index < -0.39 is 24.9 Å². The van der Waals surface area contributed by atoms with Crippen LogP contribution in [0.1, 0.15) is 12.8 Å². The second kappa shape index (κ2) is 4.46. The second-order valence-corrected chi connectivity index (χ2v) is 3.59. The lowest BCUT2D eigenvalue weighted by atomic mass is 10.1. The van der Waals surface area contributed by atoms with Crippen molar-refractivity contribution < 1.29 is 23.4 Å². The molecule has 0 amide bonds. The zero-order valence-electron chi connectivity index (χ0n) is 7.67. The molecule has 0 spiro atoms. The van der Waals surface area contributed by atoms with Gasteiger partial charge < -0.3 is 15.1 Å². The maximum Gasteiger partial charge on any atom is 0.415 e. The molecule has 2 N–H and O–H groups in total. The average Bonchev–Trinajstić information content (AvgIpc) is 2.07. The average molecular weight is 213 g/mol. The molecule has 0 radical (unpaired) electrons. The first-order valence-electron chi connectivity index (χ1n) is 4.55. The van der Waals surface area contributed by atoms with Crippen molar-refractivity contribution in [2.24, 2.45) is 0 Å². The third-order valence-corrected chi connectivity index (χ3v) is 2.37. The fourth-order valence-corrected chi connectivity index (χ4v) is 1.45. The smallest absolute Gasteiger partial charge is 0.393 e. The van der Waals surface area contributed by atoms with Gasteiger partial charge in [0, 0.05) is 19.6 Å². The molecule has 0 aromatic heterocycles. The molecule has 84 valence electrons. The van der Waals surface area contributed by atoms with Gasteiger partial charge in [-0.3, -0.25) is 0 Å². The minimum Gasteiger partial charge on any atom is -0.393 e. The second-order valence-electron chi connectivity index (χ2n) is 3.59. The van der Waals surface area contributed by atoms with E-state index in [2.05, 4.69) is 0 Å². The first-order chi connectivity index (χ1) is 6.39. The standard InChI is InChI=1S/C8H14F3NO2/c9-8(10,11)7(14)5-12-3-1-6(13)2-4-12/h6-7,13-14H,1-5H2/t7-/m1/s1. The highest BCUT2D eigenvalue weighted by Gasteiger charge is 2.39. The summed E-state index contributed by atoms with van der Waals surface area (Å²) in [7, 11) is 0. The Kier molecular flexibility index (Phi) is 3.74. The van der Waals surface area contributed by atoms with Gasteiger partial charge in [0.25, 0.3) is 0 Å². The molecule has 0 bridgehead atoms. The van der Waals surface area contributed by atoms with Crippen LogP contribution in [-0.2, 0) is 0 Å². The predicted molar refractivity (Wildman–Crippen MR) is 43.7 cm³/mol. The van der Waals surface area contributed by atoms with E-state index in [0.717, 1.165) is 0 Å². The molecule has 1 atom stereocenters. The molecular weight excluding hydrogens is 199 g/mol. The summed E-state index contributed by atoms with van der Waals surface area (Å²) >= 11 is 0. The quantitative estimate of drug-likeness (QED) is 0.696. The molecule has 0 aromatic rings. The molecule has 1 aliphatic heterocycles. The Labute approximate surface area is 80.1 Å². The Morgan fingerprint density at radius 3 is 2.21 bits per heavy atom. The monoisotopic (exact) mass is 213 g/mol. The molecular formula is C8H14F3NO2. The molecule has 1 saturated heterocycles. The molecule has 0 aromatic carbocycles. The van der Waals surface area contributed by atoms with Gasteiger partial charge in [0.15, 0.2) is 6.10 Å². The molecule has 14 heavy (non-hydrogen) atoms. The van der Waals surface area contributed by atoms with E-state index >= 15 is 0 Å². The highest BCUT2D eigenvalue weighted by Crippen LogP contribution is 2.21. The largest absolute Gasteiger partial charge is 0.415 e. The van der Waals surface area contributed by atoms with Crippen LogP contribution in [-0.4, -0.2) is 53.1 Å². The van der Waals surface area contributed by atoms with E-state index in [1.54, 1.807) is 0 Å². The summed E-state index contributed by atoms with van der Waals surface area (Å²) in [6.45, 7) is 0.429. The third-order valence-electron chi connectivity index (χ3n) is 2.37. The van der Waals surface area contributed by atoms with Crippen molar-refractivity contribution in [2.75, 3.05) is 19.6 Å². The number of aliphatic hydroxyl groups is 2. The van der Waals surface area contributed by atoms with E-state index in [1.165, 1.54) is 4.90 Å². The van der Waals surface area contributed by atoms with Gasteiger partial charge in [0.2, 0.25) is 0 Å². The molecule has 0 saturated carbocycles. The fourth-order valence-electron chi connectivity index (χ4n) is 1.45. The van der Waals surface area contributed by atoms with Gasteiger partial charge in [-0.15, -0.1) is 0 Å². The normalized spacial score (nSPS) is 23.8. The van der Waals surface area contributed by atoms with Crippen LogP contribution in [0.2, 0.25) is 0 Å². The fraction of sp³-hybridized carbons (Fsp3) is 1.00. The first kappa shape index (κ1) is 11.7. The van der Waals surface area contributed by atoms with E-state index in [4.69, 9.17) is 10.2 Å². The van der Waals surface area contributed by atoms with Gasteiger partial charge in [-0.25, -0.2) is 0 Å². The number of aliphatic hydroxyl groups excluding tert-OH is 2. The van der Waals surface area contributed by atoms with Gasteiger partial charge >= 0.3 is 6.18 Å². The van der Waals surface area contributed by atoms with Crippen molar-refractivity contribution in [1.29, 1.82) is 0 Å². The maximum absolute atomic E-state index is 12.0. The Morgan fingerprint density at radius 2 is 1.79 bits per heavy atom. The van der Waals surface area contributed by atoms with Crippen LogP contribution in [0.4, 0.5) is 13.2 Å². The number of hydrogen-bond acceptors (Lipinski definition) is 3. The first-order valence-corrected chi connectivity index (χ1v) is 4.55. The van der Waals surface area contributed by atoms with Crippen molar-refractivity contribution in [2.45, 2.75) is 31.2 Å². The van der Waals surface area contributed by atoms with Crippen molar-refractivity contribution in [1.82, 2.24) is 4.90 Å².